The van der Waals surface area contributed by atoms with E-state index in [0.29, 0.717) is 0 Å². The van der Waals surface area contributed by atoms with Crippen molar-refractivity contribution in [3.05, 3.63) is 60.2 Å². The lowest BCUT2D eigenvalue weighted by Crippen LogP contribution is -1.86. The Balaban J connectivity index is 2.08. The maximum Gasteiger partial charge on any atom is 0.0934 e. The Labute approximate surface area is 107 Å². The van der Waals surface area contributed by atoms with Crippen molar-refractivity contribution < 1.29 is 0 Å². The molecule has 0 aliphatic rings. The van der Waals surface area contributed by atoms with Crippen LogP contribution in [-0.2, 0) is 0 Å². The SMILES string of the molecule is CC(N=Nc1ccc(S)cc1)c1ccccc1. The second kappa shape index (κ2) is 5.64. The van der Waals surface area contributed by atoms with E-state index >= 15 is 0 Å². The van der Waals surface area contributed by atoms with E-state index in [1.54, 1.807) is 0 Å². The van der Waals surface area contributed by atoms with Gasteiger partial charge in [0.1, 0.15) is 0 Å². The molecule has 2 aromatic carbocycles. The van der Waals surface area contributed by atoms with Crippen molar-refractivity contribution in [1.29, 1.82) is 0 Å². The topological polar surface area (TPSA) is 24.7 Å². The highest BCUT2D eigenvalue weighted by Crippen LogP contribution is 2.21. The molecule has 0 aliphatic heterocycles. The predicted octanol–water partition coefficient (Wildman–Crippen LogP) is 4.82. The van der Waals surface area contributed by atoms with Gasteiger partial charge in [0.15, 0.2) is 0 Å². The van der Waals surface area contributed by atoms with E-state index in [0.717, 1.165) is 10.6 Å². The van der Waals surface area contributed by atoms with Crippen molar-refractivity contribution in [3.63, 3.8) is 0 Å². The summed E-state index contributed by atoms with van der Waals surface area (Å²) < 4.78 is 0. The lowest BCUT2D eigenvalue weighted by atomic mass is 10.1. The molecule has 0 amide bonds. The molecule has 0 heterocycles. The fourth-order valence-corrected chi connectivity index (χ4v) is 1.62. The first-order chi connectivity index (χ1) is 8.25. The third kappa shape index (κ3) is 3.43. The van der Waals surface area contributed by atoms with Gasteiger partial charge in [-0.15, -0.1) is 12.6 Å². The Hall–Kier alpha value is -1.61. The van der Waals surface area contributed by atoms with Gasteiger partial charge in [0.05, 0.1) is 11.7 Å². The molecular formula is C14H14N2S. The minimum Gasteiger partial charge on any atom is -0.181 e. The first-order valence-corrected chi connectivity index (χ1v) is 5.95. The summed E-state index contributed by atoms with van der Waals surface area (Å²) in [5.74, 6) is 0. The smallest absolute Gasteiger partial charge is 0.0934 e. The van der Waals surface area contributed by atoms with Crippen LogP contribution in [0.2, 0.25) is 0 Å². The van der Waals surface area contributed by atoms with E-state index in [4.69, 9.17) is 0 Å². The Morgan fingerprint density at radius 3 is 2.24 bits per heavy atom. The highest BCUT2D eigenvalue weighted by atomic mass is 32.1. The standard InChI is InChI=1S/C14H14N2S/c1-11(12-5-3-2-4-6-12)15-16-13-7-9-14(17)10-8-13/h2-11,17H,1H3. The van der Waals surface area contributed by atoms with E-state index in [1.165, 1.54) is 5.56 Å². The molecule has 0 N–H and O–H groups in total. The van der Waals surface area contributed by atoms with Crippen LogP contribution in [0.4, 0.5) is 5.69 Å². The molecule has 1 unspecified atom stereocenters. The quantitative estimate of drug-likeness (QED) is 0.589. The monoisotopic (exact) mass is 242 g/mol. The number of thiol groups is 1. The van der Waals surface area contributed by atoms with Crippen LogP contribution in [0.1, 0.15) is 18.5 Å². The molecule has 0 aliphatic carbocycles. The van der Waals surface area contributed by atoms with Crippen molar-refractivity contribution >= 4 is 18.3 Å². The van der Waals surface area contributed by atoms with E-state index in [2.05, 4.69) is 35.0 Å². The molecule has 0 spiro atoms. The lowest BCUT2D eigenvalue weighted by molar-refractivity contribution is 0.764. The van der Waals surface area contributed by atoms with Crippen LogP contribution in [0.5, 0.6) is 0 Å². The van der Waals surface area contributed by atoms with E-state index in [9.17, 15) is 0 Å². The second-order valence-corrected chi connectivity index (χ2v) is 4.33. The number of benzene rings is 2. The van der Waals surface area contributed by atoms with Crippen molar-refractivity contribution in [2.24, 2.45) is 10.2 Å². The Morgan fingerprint density at radius 2 is 1.59 bits per heavy atom. The molecule has 0 aromatic heterocycles. The van der Waals surface area contributed by atoms with Crippen LogP contribution in [0.3, 0.4) is 0 Å². The van der Waals surface area contributed by atoms with Crippen molar-refractivity contribution in [3.8, 4) is 0 Å². The van der Waals surface area contributed by atoms with Gasteiger partial charge in [-0.1, -0.05) is 30.3 Å². The molecule has 2 nitrogen and oxygen atoms in total. The van der Waals surface area contributed by atoms with Crippen molar-refractivity contribution in [1.82, 2.24) is 0 Å². The Bertz CT molecular complexity index is 491. The minimum absolute atomic E-state index is 0.0758. The van der Waals surface area contributed by atoms with Gasteiger partial charge in [0, 0.05) is 4.90 Å². The molecule has 0 saturated carbocycles. The molecule has 0 saturated heterocycles. The van der Waals surface area contributed by atoms with E-state index < -0.39 is 0 Å². The molecular weight excluding hydrogens is 228 g/mol. The second-order valence-electron chi connectivity index (χ2n) is 3.82. The first-order valence-electron chi connectivity index (χ1n) is 5.50. The summed E-state index contributed by atoms with van der Waals surface area (Å²) in [7, 11) is 0. The molecule has 2 rings (SSSR count). The molecule has 86 valence electrons. The van der Waals surface area contributed by atoms with Gasteiger partial charge in [-0.25, -0.2) is 0 Å². The maximum atomic E-state index is 4.29. The lowest BCUT2D eigenvalue weighted by Gasteiger charge is -2.04. The summed E-state index contributed by atoms with van der Waals surface area (Å²) in [5.41, 5.74) is 2.02. The van der Waals surface area contributed by atoms with Crippen molar-refractivity contribution in [2.75, 3.05) is 0 Å². The summed E-state index contributed by atoms with van der Waals surface area (Å²) >= 11 is 4.23. The summed E-state index contributed by atoms with van der Waals surface area (Å²) in [6, 6.07) is 17.8. The zero-order chi connectivity index (χ0) is 12.1. The highest BCUT2D eigenvalue weighted by Gasteiger charge is 2.01. The van der Waals surface area contributed by atoms with Gasteiger partial charge in [-0.3, -0.25) is 0 Å². The van der Waals surface area contributed by atoms with Gasteiger partial charge < -0.3 is 0 Å². The molecule has 0 radical (unpaired) electrons. The number of azo groups is 1. The highest BCUT2D eigenvalue weighted by molar-refractivity contribution is 7.80. The zero-order valence-electron chi connectivity index (χ0n) is 9.62. The normalized spacial score (nSPS) is 12.8. The summed E-state index contributed by atoms with van der Waals surface area (Å²) in [6.45, 7) is 2.03. The minimum atomic E-state index is 0.0758. The number of hydrogen-bond donors (Lipinski definition) is 1. The predicted molar refractivity (Wildman–Crippen MR) is 73.1 cm³/mol. The molecule has 3 heteroatoms. The Morgan fingerprint density at radius 1 is 0.941 bits per heavy atom. The third-order valence-corrected chi connectivity index (χ3v) is 2.78. The average molecular weight is 242 g/mol. The first kappa shape index (κ1) is 11.9. The largest absolute Gasteiger partial charge is 0.181 e. The van der Waals surface area contributed by atoms with Crippen LogP contribution in [-0.4, -0.2) is 0 Å². The molecule has 0 fully saturated rings. The summed E-state index contributed by atoms with van der Waals surface area (Å²) in [4.78, 5) is 0.931. The van der Waals surface area contributed by atoms with Crippen molar-refractivity contribution in [2.45, 2.75) is 17.9 Å². The van der Waals surface area contributed by atoms with Crippen LogP contribution in [0.25, 0.3) is 0 Å². The Kier molecular flexibility index (Phi) is 3.94. The summed E-state index contributed by atoms with van der Waals surface area (Å²) in [6.07, 6.45) is 0. The third-order valence-electron chi connectivity index (χ3n) is 2.48. The molecule has 1 atom stereocenters. The van der Waals surface area contributed by atoms with E-state index in [-0.39, 0.29) is 6.04 Å². The van der Waals surface area contributed by atoms with Gasteiger partial charge in [-0.2, -0.15) is 10.2 Å². The summed E-state index contributed by atoms with van der Waals surface area (Å²) in [5, 5.41) is 8.51. The maximum absolute atomic E-state index is 4.29. The number of rotatable bonds is 3. The molecule has 0 bridgehead atoms. The van der Waals surface area contributed by atoms with Crippen LogP contribution < -0.4 is 0 Å². The van der Waals surface area contributed by atoms with Crippen LogP contribution in [0, 0.1) is 0 Å². The number of nitrogens with zero attached hydrogens (tertiary/aromatic N) is 2. The zero-order valence-corrected chi connectivity index (χ0v) is 10.5. The molecule has 17 heavy (non-hydrogen) atoms. The average Bonchev–Trinajstić information content (AvgIpc) is 2.39. The van der Waals surface area contributed by atoms with Gasteiger partial charge >= 0.3 is 0 Å². The van der Waals surface area contributed by atoms with Crippen LogP contribution >= 0.6 is 12.6 Å². The van der Waals surface area contributed by atoms with Crippen LogP contribution in [0.15, 0.2) is 69.7 Å². The van der Waals surface area contributed by atoms with Gasteiger partial charge in [0.25, 0.3) is 0 Å². The molecule has 2 aromatic rings. The fourth-order valence-electron chi connectivity index (χ4n) is 1.47. The van der Waals surface area contributed by atoms with Gasteiger partial charge in [0.2, 0.25) is 0 Å². The van der Waals surface area contributed by atoms with E-state index in [1.807, 2.05) is 49.4 Å². The fraction of sp³-hybridized carbons (Fsp3) is 0.143. The van der Waals surface area contributed by atoms with Gasteiger partial charge in [-0.05, 0) is 36.8 Å². The number of hydrogen-bond acceptors (Lipinski definition) is 3.